The number of hydrogen-bond donors (Lipinski definition) is 0. The van der Waals surface area contributed by atoms with E-state index in [0.29, 0.717) is 0 Å². The zero-order valence-electron chi connectivity index (χ0n) is 8.42. The molecule has 1 aromatic rings. The summed E-state index contributed by atoms with van der Waals surface area (Å²) in [4.78, 5) is 1.39. The van der Waals surface area contributed by atoms with Gasteiger partial charge in [-0.25, -0.2) is 0 Å². The second-order valence-electron chi connectivity index (χ2n) is 3.04. The number of hydrogen-bond acceptors (Lipinski definition) is 1. The number of unbranched alkanes of at least 4 members (excludes halogenated alkanes) is 1. The van der Waals surface area contributed by atoms with Crippen molar-refractivity contribution in [2.45, 2.75) is 31.6 Å². The molecule has 13 heavy (non-hydrogen) atoms. The molecule has 71 valence electrons. The van der Waals surface area contributed by atoms with Gasteiger partial charge in [-0.05, 0) is 42.7 Å². The summed E-state index contributed by atoms with van der Waals surface area (Å²) in [6.45, 7) is 4.30. The van der Waals surface area contributed by atoms with E-state index in [-0.39, 0.29) is 0 Å². The molecule has 1 aromatic carbocycles. The minimum absolute atomic E-state index is 1.13. The number of thioether (sulfide) groups is 1. The molecule has 1 radical (unpaired) electrons. The van der Waals surface area contributed by atoms with Gasteiger partial charge >= 0.3 is 0 Å². The molecule has 0 N–H and O–H groups in total. The molecule has 1 rings (SSSR count). The Morgan fingerprint density at radius 3 is 2.46 bits per heavy atom. The first-order valence-corrected chi connectivity index (χ1v) is 5.85. The normalized spacial score (nSPS) is 10.3. The third kappa shape index (κ3) is 3.86. The maximum Gasteiger partial charge on any atom is 0.00721 e. The van der Waals surface area contributed by atoms with Crippen molar-refractivity contribution in [2.75, 3.05) is 5.75 Å². The molecule has 0 fully saturated rings. The average molecular weight is 193 g/mol. The molecule has 0 heterocycles. The van der Waals surface area contributed by atoms with E-state index in [1.807, 2.05) is 11.8 Å². The molecular weight excluding hydrogens is 176 g/mol. The fraction of sp³-hybridized carbons (Fsp3) is 0.417. The molecule has 0 saturated heterocycles. The highest BCUT2D eigenvalue weighted by molar-refractivity contribution is 7.99. The lowest BCUT2D eigenvalue weighted by Crippen LogP contribution is -1.81. The summed E-state index contributed by atoms with van der Waals surface area (Å²) in [5, 5.41) is 0. The smallest absolute Gasteiger partial charge is 0.00721 e. The predicted molar refractivity (Wildman–Crippen MR) is 61.1 cm³/mol. The molecule has 0 bridgehead atoms. The van der Waals surface area contributed by atoms with Crippen molar-refractivity contribution in [3.8, 4) is 0 Å². The van der Waals surface area contributed by atoms with E-state index in [1.165, 1.54) is 22.6 Å². The van der Waals surface area contributed by atoms with Crippen molar-refractivity contribution >= 4 is 11.8 Å². The van der Waals surface area contributed by atoms with Gasteiger partial charge in [-0.2, -0.15) is 0 Å². The largest absolute Gasteiger partial charge is 0.126 e. The first-order valence-electron chi connectivity index (χ1n) is 4.86. The van der Waals surface area contributed by atoms with Crippen LogP contribution in [0.4, 0.5) is 0 Å². The lowest BCUT2D eigenvalue weighted by molar-refractivity contribution is 1.11. The van der Waals surface area contributed by atoms with Crippen LogP contribution in [-0.4, -0.2) is 5.75 Å². The summed E-state index contributed by atoms with van der Waals surface area (Å²) in [5.74, 6) is 1.20. The van der Waals surface area contributed by atoms with Crippen LogP contribution >= 0.6 is 11.8 Å². The van der Waals surface area contributed by atoms with E-state index in [2.05, 4.69) is 44.5 Å². The van der Waals surface area contributed by atoms with Crippen LogP contribution in [0.15, 0.2) is 29.2 Å². The van der Waals surface area contributed by atoms with Gasteiger partial charge in [0.05, 0.1) is 0 Å². The molecule has 0 spiro atoms. The van der Waals surface area contributed by atoms with Gasteiger partial charge in [0.1, 0.15) is 0 Å². The maximum atomic E-state index is 2.22. The molecule has 0 amide bonds. The molecule has 0 nitrogen and oxygen atoms in total. The lowest BCUT2D eigenvalue weighted by atomic mass is 10.2. The Bertz CT molecular complexity index is 225. The van der Waals surface area contributed by atoms with Crippen LogP contribution in [0.1, 0.15) is 25.8 Å². The molecule has 0 aliphatic heterocycles. The van der Waals surface area contributed by atoms with E-state index in [1.54, 1.807) is 0 Å². The lowest BCUT2D eigenvalue weighted by Gasteiger charge is -2.01. The van der Waals surface area contributed by atoms with Crippen molar-refractivity contribution in [2.24, 2.45) is 0 Å². The summed E-state index contributed by atoms with van der Waals surface area (Å²) >= 11 is 1.93. The minimum Gasteiger partial charge on any atom is -0.126 e. The van der Waals surface area contributed by atoms with Gasteiger partial charge < -0.3 is 0 Å². The van der Waals surface area contributed by atoms with Gasteiger partial charge in [0, 0.05) is 4.90 Å². The van der Waals surface area contributed by atoms with Crippen LogP contribution in [0.25, 0.3) is 0 Å². The van der Waals surface area contributed by atoms with Crippen LogP contribution in [0.5, 0.6) is 0 Å². The van der Waals surface area contributed by atoms with Crippen molar-refractivity contribution in [1.29, 1.82) is 0 Å². The zero-order valence-corrected chi connectivity index (χ0v) is 9.23. The summed E-state index contributed by atoms with van der Waals surface area (Å²) in [6, 6.07) is 8.88. The van der Waals surface area contributed by atoms with Crippen LogP contribution in [-0.2, 0) is 6.42 Å². The van der Waals surface area contributed by atoms with Crippen LogP contribution < -0.4 is 0 Å². The molecule has 1 heteroatoms. The van der Waals surface area contributed by atoms with Gasteiger partial charge in [-0.3, -0.25) is 0 Å². The quantitative estimate of drug-likeness (QED) is 0.504. The zero-order chi connectivity index (χ0) is 9.52. The van der Waals surface area contributed by atoms with E-state index in [9.17, 15) is 0 Å². The summed E-state index contributed by atoms with van der Waals surface area (Å²) < 4.78 is 0. The summed E-state index contributed by atoms with van der Waals surface area (Å²) in [6.07, 6.45) is 4.54. The van der Waals surface area contributed by atoms with Gasteiger partial charge in [0.15, 0.2) is 0 Å². The van der Waals surface area contributed by atoms with Gasteiger partial charge in [-0.1, -0.05) is 26.0 Å². The number of rotatable bonds is 5. The third-order valence-electron chi connectivity index (χ3n) is 2.01. The highest BCUT2D eigenvalue weighted by Gasteiger charge is 1.93. The Labute approximate surface area is 85.7 Å². The molecule has 0 aromatic heterocycles. The standard InChI is InChI=1S/C12H17S/c1-3-5-10-13-12-8-6-11(4-2)7-9-12/h3,6-9H,4-5,10H2,1-2H3. The average Bonchev–Trinajstić information content (AvgIpc) is 2.19. The monoisotopic (exact) mass is 193 g/mol. The second kappa shape index (κ2) is 6.09. The van der Waals surface area contributed by atoms with Crippen LogP contribution in [0, 0.1) is 6.42 Å². The molecule has 0 aliphatic carbocycles. The Hall–Kier alpha value is -0.430. The van der Waals surface area contributed by atoms with Crippen molar-refractivity contribution in [1.82, 2.24) is 0 Å². The molecule has 0 atom stereocenters. The Morgan fingerprint density at radius 2 is 1.92 bits per heavy atom. The Balaban J connectivity index is 2.40. The fourth-order valence-electron chi connectivity index (χ4n) is 1.12. The minimum atomic E-state index is 1.13. The number of benzene rings is 1. The van der Waals surface area contributed by atoms with Crippen molar-refractivity contribution in [3.05, 3.63) is 36.2 Å². The van der Waals surface area contributed by atoms with Crippen LogP contribution in [0.2, 0.25) is 0 Å². The highest BCUT2D eigenvalue weighted by Crippen LogP contribution is 2.19. The second-order valence-corrected chi connectivity index (χ2v) is 4.21. The molecule has 0 unspecified atom stereocenters. The van der Waals surface area contributed by atoms with Crippen molar-refractivity contribution < 1.29 is 0 Å². The van der Waals surface area contributed by atoms with Crippen molar-refractivity contribution in [3.63, 3.8) is 0 Å². The third-order valence-corrected chi connectivity index (χ3v) is 3.05. The first-order chi connectivity index (χ1) is 6.36. The van der Waals surface area contributed by atoms with E-state index >= 15 is 0 Å². The van der Waals surface area contributed by atoms with E-state index in [0.717, 1.165) is 6.42 Å². The highest BCUT2D eigenvalue weighted by atomic mass is 32.2. The topological polar surface area (TPSA) is 0 Å². The van der Waals surface area contributed by atoms with Crippen LogP contribution in [0.3, 0.4) is 0 Å². The van der Waals surface area contributed by atoms with Gasteiger partial charge in [0.2, 0.25) is 0 Å². The molecular formula is C12H17S. The van der Waals surface area contributed by atoms with E-state index < -0.39 is 0 Å². The predicted octanol–water partition coefficient (Wildman–Crippen LogP) is 3.96. The fourth-order valence-corrected chi connectivity index (χ4v) is 2.03. The summed E-state index contributed by atoms with van der Waals surface area (Å²) in [5.41, 5.74) is 1.42. The Kier molecular flexibility index (Phi) is 4.99. The maximum absolute atomic E-state index is 2.22. The molecule has 0 saturated carbocycles. The molecule has 0 aliphatic rings. The van der Waals surface area contributed by atoms with Gasteiger partial charge in [0.25, 0.3) is 0 Å². The van der Waals surface area contributed by atoms with E-state index in [4.69, 9.17) is 0 Å². The SMILES string of the molecule is C[CH]CCSc1ccc(CC)cc1. The Morgan fingerprint density at radius 1 is 1.23 bits per heavy atom. The first kappa shape index (κ1) is 10.6. The summed E-state index contributed by atoms with van der Waals surface area (Å²) in [7, 11) is 0. The van der Waals surface area contributed by atoms with Gasteiger partial charge in [-0.15, -0.1) is 11.8 Å². The number of aryl methyl sites for hydroxylation is 1.